The predicted octanol–water partition coefficient (Wildman–Crippen LogP) is 6.94. The SMILES string of the molecule is C=O.CCC(C)(C)C(C)=O.CN1CCCCC1.CON(C)N=O.COc1ccc(CCCc2cccc(OCC(C)=O)c2)cc1OC. The number of ketones is 2. The maximum absolute atomic E-state index is 11.0. The topological polar surface area (TPSA) is 124 Å². The Morgan fingerprint density at radius 3 is 1.87 bits per heavy atom. The number of hydrogen-bond acceptors (Lipinski definition) is 10. The number of ether oxygens (including phenoxy) is 3. The third kappa shape index (κ3) is 22.4. The van der Waals surface area contributed by atoms with Crippen LogP contribution in [0.5, 0.6) is 17.2 Å². The highest BCUT2D eigenvalue weighted by atomic mass is 16.7. The molecule has 0 amide bonds. The van der Waals surface area contributed by atoms with E-state index in [1.54, 1.807) is 21.1 Å². The van der Waals surface area contributed by atoms with Crippen molar-refractivity contribution in [2.24, 2.45) is 10.7 Å². The summed E-state index contributed by atoms with van der Waals surface area (Å²) in [4.78, 5) is 45.6. The smallest absolute Gasteiger partial charge is 0.167 e. The quantitative estimate of drug-likeness (QED) is 0.165. The summed E-state index contributed by atoms with van der Waals surface area (Å²) in [5.74, 6) is 2.55. The molecule has 3 rings (SSSR count). The van der Waals surface area contributed by atoms with Crippen LogP contribution in [0.2, 0.25) is 0 Å². The summed E-state index contributed by atoms with van der Waals surface area (Å²) in [5, 5.41) is 3.19. The summed E-state index contributed by atoms with van der Waals surface area (Å²) in [6.45, 7) is 13.9. The Morgan fingerprint density at radius 2 is 1.49 bits per heavy atom. The normalized spacial score (nSPS) is 12.0. The predicted molar refractivity (Wildman–Crippen MR) is 188 cm³/mol. The molecule has 2 aromatic carbocycles. The van der Waals surface area contributed by atoms with E-state index in [1.807, 2.05) is 57.9 Å². The van der Waals surface area contributed by atoms with Gasteiger partial charge in [0.05, 0.1) is 33.7 Å². The van der Waals surface area contributed by atoms with Gasteiger partial charge in [0.2, 0.25) is 0 Å². The number of carbonyl (C=O) groups is 3. The molecule has 11 heteroatoms. The highest BCUT2D eigenvalue weighted by Crippen LogP contribution is 2.28. The van der Waals surface area contributed by atoms with Crippen molar-refractivity contribution >= 4 is 18.4 Å². The van der Waals surface area contributed by atoms with Crippen molar-refractivity contribution in [2.75, 3.05) is 55.1 Å². The first-order valence-electron chi connectivity index (χ1n) is 15.8. The molecule has 0 spiro atoms. The first-order valence-corrected chi connectivity index (χ1v) is 15.8. The van der Waals surface area contributed by atoms with Crippen molar-refractivity contribution in [2.45, 2.75) is 79.6 Å². The molecular weight excluding hydrogens is 602 g/mol. The zero-order valence-corrected chi connectivity index (χ0v) is 30.4. The Hall–Kier alpha value is -3.83. The number of rotatable bonds is 13. The van der Waals surface area contributed by atoms with Crippen molar-refractivity contribution in [3.63, 3.8) is 0 Å². The summed E-state index contributed by atoms with van der Waals surface area (Å²) >= 11 is 0. The maximum Gasteiger partial charge on any atom is 0.167 e. The van der Waals surface area contributed by atoms with Crippen LogP contribution in [0.15, 0.2) is 47.8 Å². The van der Waals surface area contributed by atoms with Gasteiger partial charge in [0.25, 0.3) is 0 Å². The maximum atomic E-state index is 11.0. The first-order chi connectivity index (χ1) is 22.3. The van der Waals surface area contributed by atoms with E-state index < -0.39 is 0 Å². The molecule has 1 fully saturated rings. The van der Waals surface area contributed by atoms with Crippen molar-refractivity contribution in [1.29, 1.82) is 0 Å². The summed E-state index contributed by atoms with van der Waals surface area (Å²) < 4.78 is 16.0. The number of hydrogen-bond donors (Lipinski definition) is 0. The number of aryl methyl sites for hydroxylation is 2. The molecule has 266 valence electrons. The minimum atomic E-state index is -0.0972. The van der Waals surface area contributed by atoms with Crippen LogP contribution in [0, 0.1) is 10.3 Å². The summed E-state index contributed by atoms with van der Waals surface area (Å²) in [7, 11) is 8.25. The number of benzene rings is 2. The fraction of sp³-hybridized carbons (Fsp3) is 0.583. The molecule has 0 N–H and O–H groups in total. The van der Waals surface area contributed by atoms with E-state index in [0.717, 1.165) is 48.1 Å². The first kappa shape index (κ1) is 45.3. The molecule has 1 heterocycles. The van der Waals surface area contributed by atoms with Crippen LogP contribution in [0.3, 0.4) is 0 Å². The average Bonchev–Trinajstić information content (AvgIpc) is 3.09. The van der Waals surface area contributed by atoms with Crippen LogP contribution in [-0.4, -0.2) is 83.5 Å². The zero-order valence-electron chi connectivity index (χ0n) is 30.4. The second kappa shape index (κ2) is 27.3. The van der Waals surface area contributed by atoms with Gasteiger partial charge in [-0.15, -0.1) is 10.1 Å². The molecule has 0 unspecified atom stereocenters. The molecule has 1 aliphatic rings. The van der Waals surface area contributed by atoms with E-state index in [9.17, 15) is 14.5 Å². The van der Waals surface area contributed by atoms with Gasteiger partial charge < -0.3 is 23.9 Å². The molecule has 0 saturated carbocycles. The molecule has 47 heavy (non-hydrogen) atoms. The summed E-state index contributed by atoms with van der Waals surface area (Å²) in [5.41, 5.74) is 2.33. The Balaban J connectivity index is 0. The van der Waals surface area contributed by atoms with Gasteiger partial charge in [-0.05, 0) is 108 Å². The number of nitroso groups, excluding NO2 is 1. The highest BCUT2D eigenvalue weighted by molar-refractivity contribution is 5.81. The lowest BCUT2D eigenvalue weighted by atomic mass is 9.86. The second-order valence-electron chi connectivity index (χ2n) is 11.6. The van der Waals surface area contributed by atoms with Gasteiger partial charge in [-0.2, -0.15) is 0 Å². The lowest BCUT2D eigenvalue weighted by molar-refractivity contribution is -0.125. The van der Waals surface area contributed by atoms with E-state index in [-0.39, 0.29) is 23.6 Å². The molecule has 11 nitrogen and oxygen atoms in total. The summed E-state index contributed by atoms with van der Waals surface area (Å²) in [6.07, 6.45) is 8.13. The Morgan fingerprint density at radius 1 is 0.915 bits per heavy atom. The van der Waals surface area contributed by atoms with Crippen LogP contribution in [0.25, 0.3) is 0 Å². The van der Waals surface area contributed by atoms with E-state index in [0.29, 0.717) is 0 Å². The van der Waals surface area contributed by atoms with Gasteiger partial charge in [0.1, 0.15) is 24.9 Å². The molecule has 0 aromatic heterocycles. The highest BCUT2D eigenvalue weighted by Gasteiger charge is 2.19. The number of likely N-dealkylation sites (tertiary alicyclic amines) is 1. The molecule has 1 saturated heterocycles. The van der Waals surface area contributed by atoms with Crippen LogP contribution in [-0.2, 0) is 32.1 Å². The number of hydroxylamine groups is 1. The van der Waals surface area contributed by atoms with E-state index in [4.69, 9.17) is 19.0 Å². The number of methoxy groups -OCH3 is 2. The Bertz CT molecular complexity index is 1140. The van der Waals surface area contributed by atoms with Gasteiger partial charge in [-0.3, -0.25) is 14.4 Å². The molecule has 0 bridgehead atoms. The minimum Gasteiger partial charge on any atom is -0.493 e. The molecule has 0 aliphatic carbocycles. The van der Waals surface area contributed by atoms with Crippen molar-refractivity contribution < 1.29 is 33.4 Å². The summed E-state index contributed by atoms with van der Waals surface area (Å²) in [6, 6.07) is 13.9. The monoisotopic (exact) mass is 661 g/mol. The number of nitrogens with zero attached hydrogens (tertiary/aromatic N) is 3. The van der Waals surface area contributed by atoms with E-state index >= 15 is 0 Å². The van der Waals surface area contributed by atoms with Crippen molar-refractivity contribution in [1.82, 2.24) is 10.1 Å². The Labute approximate surface area is 282 Å². The Kier molecular flexibility index (Phi) is 26.3. The minimum absolute atomic E-state index is 0.0221. The van der Waals surface area contributed by atoms with Crippen LogP contribution >= 0.6 is 0 Å². The third-order valence-electron chi connectivity index (χ3n) is 7.52. The molecular formula is C36H59N3O8. The lowest BCUT2D eigenvalue weighted by Gasteiger charge is -2.20. The van der Waals surface area contributed by atoms with Crippen molar-refractivity contribution in [3.05, 3.63) is 58.5 Å². The third-order valence-corrected chi connectivity index (χ3v) is 7.52. The molecule has 1 aliphatic heterocycles. The van der Waals surface area contributed by atoms with Gasteiger partial charge in [0.15, 0.2) is 17.3 Å². The number of carbonyl (C=O) groups excluding carboxylic acids is 3. The van der Waals surface area contributed by atoms with Crippen molar-refractivity contribution in [3.8, 4) is 17.2 Å². The van der Waals surface area contributed by atoms with Crippen LogP contribution in [0.4, 0.5) is 0 Å². The average molecular weight is 662 g/mol. The van der Waals surface area contributed by atoms with Gasteiger partial charge in [0, 0.05) is 5.41 Å². The number of Topliss-reactive ketones (excluding diaryl/α,β-unsaturated/α-hetero) is 2. The zero-order chi connectivity index (χ0) is 36.3. The van der Waals surface area contributed by atoms with Gasteiger partial charge in [-0.1, -0.05) is 45.4 Å². The fourth-order valence-corrected chi connectivity index (χ4v) is 3.84. The van der Waals surface area contributed by atoms with Gasteiger partial charge in [-0.25, -0.2) is 0 Å². The lowest BCUT2D eigenvalue weighted by Crippen LogP contribution is -2.24. The molecule has 0 radical (unpaired) electrons. The van der Waals surface area contributed by atoms with Crippen LogP contribution in [0.1, 0.15) is 77.8 Å². The van der Waals surface area contributed by atoms with Gasteiger partial charge >= 0.3 is 0 Å². The molecule has 2 aromatic rings. The van der Waals surface area contributed by atoms with E-state index in [1.165, 1.54) is 64.6 Å². The second-order valence-corrected chi connectivity index (χ2v) is 11.6. The van der Waals surface area contributed by atoms with E-state index in [2.05, 4.69) is 34.2 Å². The number of piperidine rings is 1. The molecule has 0 atom stereocenters. The fourth-order valence-electron chi connectivity index (χ4n) is 3.84. The van der Waals surface area contributed by atoms with Crippen LogP contribution < -0.4 is 14.2 Å². The largest absolute Gasteiger partial charge is 0.493 e. The standard InChI is InChI=1S/C20H24O4.C7H14O.C6H13N.C2H6N2O2.CH2O/c1-15(21)14-24-18-9-5-8-16(12-18)6-4-7-17-10-11-19(22-2)20(13-17)23-3;1-5-7(3,4)6(2)8;1-7-5-3-2-4-6-7;1-4(3-5)6-2;1-2/h5,8-13H,4,6-7,14H2,1-3H3;5H2,1-4H3;2-6H2,1H3;1-2H3;1H2.